The average molecular weight is 403 g/mol. The number of hydrogen-bond donors (Lipinski definition) is 1. The minimum absolute atomic E-state index is 0.170. The van der Waals surface area contributed by atoms with Crippen LogP contribution in [0.15, 0.2) is 51.0 Å². The Morgan fingerprint density at radius 2 is 2.14 bits per heavy atom. The molecule has 0 spiro atoms. The molecule has 2 heterocycles. The fraction of sp³-hybridized carbons (Fsp3) is 0.300. The zero-order valence-electron chi connectivity index (χ0n) is 15.7. The van der Waals surface area contributed by atoms with E-state index in [0.29, 0.717) is 28.9 Å². The number of carbonyl (C=O) groups excluding carboxylic acids is 1. The Morgan fingerprint density at radius 1 is 1.39 bits per heavy atom. The van der Waals surface area contributed by atoms with Crippen molar-refractivity contribution in [2.45, 2.75) is 26.3 Å². The van der Waals surface area contributed by atoms with Crippen molar-refractivity contribution >= 4 is 26.7 Å². The Kier molecular flexibility index (Phi) is 5.42. The topological polar surface area (TPSA) is 103 Å². The van der Waals surface area contributed by atoms with Crippen LogP contribution in [0, 0.1) is 6.92 Å². The maximum atomic E-state index is 12.4. The van der Waals surface area contributed by atoms with Crippen molar-refractivity contribution < 1.29 is 22.4 Å². The fourth-order valence-electron chi connectivity index (χ4n) is 2.96. The third-order valence-electron chi connectivity index (χ3n) is 4.36. The normalized spacial score (nSPS) is 17.6. The Hall–Kier alpha value is -2.87. The molecule has 2 aromatic rings. The van der Waals surface area contributed by atoms with E-state index in [1.54, 1.807) is 25.1 Å². The number of aryl methyl sites for hydroxylation is 1. The Bertz CT molecular complexity index is 1140. The number of sulfone groups is 1. The van der Waals surface area contributed by atoms with E-state index in [4.69, 9.17) is 9.15 Å². The first-order valence-corrected chi connectivity index (χ1v) is 10.4. The summed E-state index contributed by atoms with van der Waals surface area (Å²) in [5.41, 5.74) is 1.51. The van der Waals surface area contributed by atoms with E-state index in [1.165, 1.54) is 6.08 Å². The van der Waals surface area contributed by atoms with Crippen LogP contribution in [-0.2, 0) is 21.1 Å². The summed E-state index contributed by atoms with van der Waals surface area (Å²) in [6.07, 6.45) is 1.23. The van der Waals surface area contributed by atoms with Gasteiger partial charge in [0.05, 0.1) is 23.8 Å². The SMILES string of the molecule is C=C(C)COc1ccc2c(C)c(CC(=O)NC3C=CS(=O)(=O)C3)c(=O)oc2c1. The minimum atomic E-state index is -3.27. The molecule has 1 amide bonds. The third-order valence-corrected chi connectivity index (χ3v) is 5.75. The lowest BCUT2D eigenvalue weighted by molar-refractivity contribution is -0.120. The molecule has 7 nitrogen and oxygen atoms in total. The lowest BCUT2D eigenvalue weighted by Gasteiger charge is -2.12. The minimum Gasteiger partial charge on any atom is -0.489 e. The monoisotopic (exact) mass is 403 g/mol. The highest BCUT2D eigenvalue weighted by molar-refractivity contribution is 7.94. The summed E-state index contributed by atoms with van der Waals surface area (Å²) in [4.78, 5) is 24.7. The van der Waals surface area contributed by atoms with Gasteiger partial charge in [-0.25, -0.2) is 13.2 Å². The highest BCUT2D eigenvalue weighted by atomic mass is 32.2. The van der Waals surface area contributed by atoms with Crippen LogP contribution in [0.4, 0.5) is 0 Å². The second kappa shape index (κ2) is 7.63. The first-order valence-electron chi connectivity index (χ1n) is 8.68. The number of hydrogen-bond acceptors (Lipinski definition) is 6. The highest BCUT2D eigenvalue weighted by Gasteiger charge is 2.24. The molecule has 0 radical (unpaired) electrons. The van der Waals surface area contributed by atoms with E-state index < -0.39 is 27.4 Å². The lowest BCUT2D eigenvalue weighted by atomic mass is 10.0. The van der Waals surface area contributed by atoms with E-state index in [2.05, 4.69) is 11.9 Å². The van der Waals surface area contributed by atoms with Crippen LogP contribution in [0.3, 0.4) is 0 Å². The molecule has 0 fully saturated rings. The fourth-order valence-corrected chi connectivity index (χ4v) is 4.19. The van der Waals surface area contributed by atoms with Gasteiger partial charge in [0, 0.05) is 16.9 Å². The average Bonchev–Trinajstić information content (AvgIpc) is 2.94. The molecule has 8 heteroatoms. The van der Waals surface area contributed by atoms with Crippen molar-refractivity contribution in [1.29, 1.82) is 0 Å². The van der Waals surface area contributed by atoms with E-state index in [1.807, 2.05) is 6.92 Å². The molecule has 28 heavy (non-hydrogen) atoms. The number of ether oxygens (including phenoxy) is 1. The third kappa shape index (κ3) is 4.51. The van der Waals surface area contributed by atoms with Gasteiger partial charge in [0.15, 0.2) is 9.84 Å². The Morgan fingerprint density at radius 3 is 2.79 bits per heavy atom. The van der Waals surface area contributed by atoms with Gasteiger partial charge in [-0.3, -0.25) is 4.79 Å². The van der Waals surface area contributed by atoms with Gasteiger partial charge >= 0.3 is 5.63 Å². The number of benzene rings is 1. The highest BCUT2D eigenvalue weighted by Crippen LogP contribution is 2.24. The van der Waals surface area contributed by atoms with Crippen LogP contribution in [0.1, 0.15) is 18.1 Å². The maximum Gasteiger partial charge on any atom is 0.340 e. The first kappa shape index (κ1) is 19.9. The number of carbonyl (C=O) groups is 1. The standard InChI is InChI=1S/C20H21NO6S/c1-12(2)10-26-15-4-5-16-13(3)17(20(23)27-18(16)8-15)9-19(22)21-14-6-7-28(24,25)11-14/h4-8,14H,1,9-11H2,2-3H3,(H,21,22). The number of nitrogens with one attached hydrogen (secondary N) is 1. The molecule has 1 aromatic heterocycles. The zero-order chi connectivity index (χ0) is 20.5. The molecule has 1 N–H and O–H groups in total. The van der Waals surface area contributed by atoms with Crippen LogP contribution in [0.5, 0.6) is 5.75 Å². The van der Waals surface area contributed by atoms with Gasteiger partial charge in [0.2, 0.25) is 5.91 Å². The van der Waals surface area contributed by atoms with Crippen molar-refractivity contribution in [3.05, 3.63) is 63.4 Å². The van der Waals surface area contributed by atoms with Crippen LogP contribution in [0.25, 0.3) is 11.0 Å². The number of amides is 1. The van der Waals surface area contributed by atoms with Crippen LogP contribution in [0.2, 0.25) is 0 Å². The van der Waals surface area contributed by atoms with Crippen LogP contribution in [-0.4, -0.2) is 32.7 Å². The molecule has 0 saturated carbocycles. The van der Waals surface area contributed by atoms with Gasteiger partial charge in [0.1, 0.15) is 17.9 Å². The van der Waals surface area contributed by atoms with Gasteiger partial charge in [0.25, 0.3) is 0 Å². The summed E-state index contributed by atoms with van der Waals surface area (Å²) in [6.45, 7) is 7.72. The predicted molar refractivity (Wildman–Crippen MR) is 106 cm³/mol. The maximum absolute atomic E-state index is 12.4. The molecular weight excluding hydrogens is 382 g/mol. The Balaban J connectivity index is 1.81. The second-order valence-electron chi connectivity index (χ2n) is 6.91. The number of rotatable bonds is 6. The van der Waals surface area contributed by atoms with E-state index in [-0.39, 0.29) is 17.7 Å². The van der Waals surface area contributed by atoms with E-state index in [0.717, 1.165) is 11.0 Å². The zero-order valence-corrected chi connectivity index (χ0v) is 16.5. The molecule has 1 atom stereocenters. The lowest BCUT2D eigenvalue weighted by Crippen LogP contribution is -2.37. The van der Waals surface area contributed by atoms with Crippen LogP contribution < -0.4 is 15.7 Å². The predicted octanol–water partition coefficient (Wildman–Crippen LogP) is 2.03. The van der Waals surface area contributed by atoms with E-state index in [9.17, 15) is 18.0 Å². The summed E-state index contributed by atoms with van der Waals surface area (Å²) in [5.74, 6) is -0.0579. The van der Waals surface area contributed by atoms with Gasteiger partial charge in [-0.2, -0.15) is 0 Å². The Labute approximate surface area is 162 Å². The van der Waals surface area contributed by atoms with Gasteiger partial charge in [-0.05, 0) is 43.2 Å². The van der Waals surface area contributed by atoms with Crippen molar-refractivity contribution in [2.24, 2.45) is 0 Å². The van der Waals surface area contributed by atoms with Crippen molar-refractivity contribution in [2.75, 3.05) is 12.4 Å². The molecule has 0 aliphatic carbocycles. The smallest absolute Gasteiger partial charge is 0.340 e. The van der Waals surface area contributed by atoms with Gasteiger partial charge in [-0.15, -0.1) is 0 Å². The van der Waals surface area contributed by atoms with Crippen molar-refractivity contribution in [1.82, 2.24) is 5.32 Å². The first-order chi connectivity index (χ1) is 13.1. The summed E-state index contributed by atoms with van der Waals surface area (Å²) < 4.78 is 33.8. The van der Waals surface area contributed by atoms with Crippen molar-refractivity contribution in [3.63, 3.8) is 0 Å². The molecule has 3 rings (SSSR count). The molecular formula is C20H21NO6S. The molecule has 1 aliphatic heterocycles. The van der Waals surface area contributed by atoms with Gasteiger partial charge < -0.3 is 14.5 Å². The van der Waals surface area contributed by atoms with Crippen molar-refractivity contribution in [3.8, 4) is 5.75 Å². The summed E-state index contributed by atoms with van der Waals surface area (Å²) >= 11 is 0. The number of fused-ring (bicyclic) bond motifs is 1. The molecule has 1 unspecified atom stereocenters. The molecule has 1 aliphatic rings. The quantitative estimate of drug-likeness (QED) is 0.585. The molecule has 0 saturated heterocycles. The molecule has 1 aromatic carbocycles. The molecule has 0 bridgehead atoms. The second-order valence-corrected chi connectivity index (χ2v) is 8.84. The van der Waals surface area contributed by atoms with E-state index >= 15 is 0 Å². The summed E-state index contributed by atoms with van der Waals surface area (Å²) in [6, 6.07) is 4.58. The summed E-state index contributed by atoms with van der Waals surface area (Å²) in [5, 5.41) is 4.39. The molecule has 148 valence electrons. The largest absolute Gasteiger partial charge is 0.489 e. The summed E-state index contributed by atoms with van der Waals surface area (Å²) in [7, 11) is -3.27. The van der Waals surface area contributed by atoms with Crippen LogP contribution >= 0.6 is 0 Å². The van der Waals surface area contributed by atoms with Gasteiger partial charge in [-0.1, -0.05) is 6.58 Å².